The van der Waals surface area contributed by atoms with Gasteiger partial charge in [0.1, 0.15) is 0 Å². The van der Waals surface area contributed by atoms with Crippen molar-refractivity contribution in [1.29, 1.82) is 0 Å². The van der Waals surface area contributed by atoms with Crippen molar-refractivity contribution in [2.75, 3.05) is 13.1 Å². The lowest BCUT2D eigenvalue weighted by Crippen LogP contribution is -2.40. The first-order valence-corrected chi connectivity index (χ1v) is 6.77. The number of likely N-dealkylation sites (tertiary alicyclic amines) is 1. The summed E-state index contributed by atoms with van der Waals surface area (Å²) in [6, 6.07) is 2.23. The van der Waals surface area contributed by atoms with Crippen molar-refractivity contribution in [2.24, 2.45) is 5.73 Å². The smallest absolute Gasteiger partial charge is 0.255 e. The van der Waals surface area contributed by atoms with E-state index in [9.17, 15) is 4.79 Å². The van der Waals surface area contributed by atoms with Crippen LogP contribution in [0.5, 0.6) is 0 Å². The predicted molar refractivity (Wildman–Crippen MR) is 72.7 cm³/mol. The SMILES string of the molecule is CCn1c(C)cc(C(=O)N2CCC[C@H]2CN)c1C. The fourth-order valence-electron chi connectivity index (χ4n) is 3.01. The zero-order valence-corrected chi connectivity index (χ0v) is 11.6. The Morgan fingerprint density at radius 2 is 2.22 bits per heavy atom. The molecule has 0 aliphatic carbocycles. The average molecular weight is 249 g/mol. The van der Waals surface area contributed by atoms with Crippen LogP contribution in [0.4, 0.5) is 0 Å². The zero-order valence-electron chi connectivity index (χ0n) is 11.6. The molecule has 1 aromatic heterocycles. The molecule has 1 aliphatic rings. The molecule has 1 aromatic rings. The second kappa shape index (κ2) is 5.14. The predicted octanol–water partition coefficient (Wildman–Crippen LogP) is 1.69. The van der Waals surface area contributed by atoms with Crippen LogP contribution in [-0.4, -0.2) is 34.5 Å². The maximum Gasteiger partial charge on any atom is 0.255 e. The summed E-state index contributed by atoms with van der Waals surface area (Å²) >= 11 is 0. The van der Waals surface area contributed by atoms with Crippen LogP contribution >= 0.6 is 0 Å². The van der Waals surface area contributed by atoms with Gasteiger partial charge in [-0.1, -0.05) is 0 Å². The molecule has 18 heavy (non-hydrogen) atoms. The molecule has 0 bridgehead atoms. The van der Waals surface area contributed by atoms with Gasteiger partial charge in [-0.2, -0.15) is 0 Å². The van der Waals surface area contributed by atoms with E-state index in [-0.39, 0.29) is 11.9 Å². The molecule has 1 atom stereocenters. The maximum atomic E-state index is 12.6. The van der Waals surface area contributed by atoms with E-state index in [1.807, 2.05) is 17.9 Å². The molecule has 4 nitrogen and oxygen atoms in total. The van der Waals surface area contributed by atoms with E-state index >= 15 is 0 Å². The molecular weight excluding hydrogens is 226 g/mol. The Kier molecular flexibility index (Phi) is 3.76. The summed E-state index contributed by atoms with van der Waals surface area (Å²) in [5, 5.41) is 0. The summed E-state index contributed by atoms with van der Waals surface area (Å²) < 4.78 is 2.18. The van der Waals surface area contributed by atoms with E-state index in [2.05, 4.69) is 18.4 Å². The second-order valence-corrected chi connectivity index (χ2v) is 5.06. The summed E-state index contributed by atoms with van der Waals surface area (Å²) in [6.07, 6.45) is 2.11. The highest BCUT2D eigenvalue weighted by atomic mass is 16.2. The number of hydrogen-bond acceptors (Lipinski definition) is 2. The largest absolute Gasteiger partial charge is 0.349 e. The molecule has 2 N–H and O–H groups in total. The highest BCUT2D eigenvalue weighted by Crippen LogP contribution is 2.23. The third-order valence-electron chi connectivity index (χ3n) is 4.03. The topological polar surface area (TPSA) is 51.3 Å². The number of aromatic nitrogens is 1. The quantitative estimate of drug-likeness (QED) is 0.886. The minimum atomic E-state index is 0.149. The summed E-state index contributed by atoms with van der Waals surface area (Å²) in [5.41, 5.74) is 8.81. The lowest BCUT2D eigenvalue weighted by Gasteiger charge is -2.23. The van der Waals surface area contributed by atoms with Crippen LogP contribution in [0, 0.1) is 13.8 Å². The number of nitrogens with two attached hydrogens (primary N) is 1. The highest BCUT2D eigenvalue weighted by Gasteiger charge is 2.30. The van der Waals surface area contributed by atoms with Gasteiger partial charge in [0.2, 0.25) is 0 Å². The Morgan fingerprint density at radius 3 is 2.78 bits per heavy atom. The molecule has 100 valence electrons. The van der Waals surface area contributed by atoms with Gasteiger partial charge in [-0.05, 0) is 39.7 Å². The van der Waals surface area contributed by atoms with Gasteiger partial charge in [-0.25, -0.2) is 0 Å². The Bertz CT molecular complexity index is 450. The van der Waals surface area contributed by atoms with Crippen LogP contribution < -0.4 is 5.73 Å². The number of carbonyl (C=O) groups is 1. The minimum Gasteiger partial charge on any atom is -0.349 e. The van der Waals surface area contributed by atoms with E-state index in [0.717, 1.165) is 42.9 Å². The van der Waals surface area contributed by atoms with E-state index in [1.165, 1.54) is 0 Å². The Hall–Kier alpha value is -1.29. The van der Waals surface area contributed by atoms with Gasteiger partial charge >= 0.3 is 0 Å². The molecule has 2 heterocycles. The van der Waals surface area contributed by atoms with Gasteiger partial charge in [0.25, 0.3) is 5.91 Å². The average Bonchev–Trinajstić information content (AvgIpc) is 2.93. The first-order chi connectivity index (χ1) is 8.60. The third-order valence-corrected chi connectivity index (χ3v) is 4.03. The van der Waals surface area contributed by atoms with E-state index in [1.54, 1.807) is 0 Å². The standard InChI is InChI=1S/C14H23N3O/c1-4-16-10(2)8-13(11(16)3)14(18)17-7-5-6-12(17)9-15/h8,12H,4-7,9,15H2,1-3H3/t12-/m0/s1. The van der Waals surface area contributed by atoms with Crippen molar-refractivity contribution in [3.05, 3.63) is 23.0 Å². The van der Waals surface area contributed by atoms with Crippen molar-refractivity contribution < 1.29 is 4.79 Å². The molecule has 4 heteroatoms. The van der Waals surface area contributed by atoms with E-state index < -0.39 is 0 Å². The second-order valence-electron chi connectivity index (χ2n) is 5.06. The number of amides is 1. The van der Waals surface area contributed by atoms with E-state index in [0.29, 0.717) is 6.54 Å². The van der Waals surface area contributed by atoms with Gasteiger partial charge in [0.15, 0.2) is 0 Å². The molecular formula is C14H23N3O. The molecule has 0 spiro atoms. The van der Waals surface area contributed by atoms with Crippen LogP contribution in [-0.2, 0) is 6.54 Å². The molecule has 0 aromatic carbocycles. The summed E-state index contributed by atoms with van der Waals surface area (Å²) in [6.45, 7) is 8.50. The maximum absolute atomic E-state index is 12.6. The lowest BCUT2D eigenvalue weighted by atomic mass is 10.2. The van der Waals surface area contributed by atoms with E-state index in [4.69, 9.17) is 5.73 Å². The van der Waals surface area contributed by atoms with Gasteiger partial charge in [0, 0.05) is 37.1 Å². The van der Waals surface area contributed by atoms with Crippen molar-refractivity contribution in [2.45, 2.75) is 46.2 Å². The Labute approximate surface area is 109 Å². The molecule has 1 amide bonds. The fraction of sp³-hybridized carbons (Fsp3) is 0.643. The van der Waals surface area contributed by atoms with Gasteiger partial charge in [-0.3, -0.25) is 4.79 Å². The van der Waals surface area contributed by atoms with Crippen molar-refractivity contribution in [3.63, 3.8) is 0 Å². The summed E-state index contributed by atoms with van der Waals surface area (Å²) in [4.78, 5) is 14.5. The first-order valence-electron chi connectivity index (χ1n) is 6.77. The molecule has 0 saturated carbocycles. The number of hydrogen-bond donors (Lipinski definition) is 1. The normalized spacial score (nSPS) is 19.6. The molecule has 0 unspecified atom stereocenters. The number of rotatable bonds is 3. The van der Waals surface area contributed by atoms with Crippen LogP contribution in [0.15, 0.2) is 6.07 Å². The van der Waals surface area contributed by atoms with Crippen molar-refractivity contribution in [1.82, 2.24) is 9.47 Å². The van der Waals surface area contributed by atoms with Crippen LogP contribution in [0.2, 0.25) is 0 Å². The molecule has 1 saturated heterocycles. The van der Waals surface area contributed by atoms with Gasteiger partial charge in [0.05, 0.1) is 5.56 Å². The van der Waals surface area contributed by atoms with Crippen LogP contribution in [0.1, 0.15) is 41.5 Å². The molecule has 0 radical (unpaired) electrons. The monoisotopic (exact) mass is 249 g/mol. The molecule has 1 aliphatic heterocycles. The highest BCUT2D eigenvalue weighted by molar-refractivity contribution is 5.96. The molecule has 2 rings (SSSR count). The Balaban J connectivity index is 2.29. The number of nitrogens with zero attached hydrogens (tertiary/aromatic N) is 2. The third kappa shape index (κ3) is 2.05. The van der Waals surface area contributed by atoms with Crippen LogP contribution in [0.25, 0.3) is 0 Å². The van der Waals surface area contributed by atoms with Gasteiger partial charge in [-0.15, -0.1) is 0 Å². The number of carbonyl (C=O) groups excluding carboxylic acids is 1. The lowest BCUT2D eigenvalue weighted by molar-refractivity contribution is 0.0740. The first kappa shape index (κ1) is 13.1. The van der Waals surface area contributed by atoms with Gasteiger partial charge < -0.3 is 15.2 Å². The Morgan fingerprint density at radius 1 is 1.50 bits per heavy atom. The summed E-state index contributed by atoms with van der Waals surface area (Å²) in [5.74, 6) is 0.149. The number of aryl methyl sites for hydroxylation is 1. The minimum absolute atomic E-state index is 0.149. The molecule has 1 fully saturated rings. The zero-order chi connectivity index (χ0) is 13.3. The fourth-order valence-corrected chi connectivity index (χ4v) is 3.01. The van der Waals surface area contributed by atoms with Crippen molar-refractivity contribution in [3.8, 4) is 0 Å². The van der Waals surface area contributed by atoms with Crippen molar-refractivity contribution >= 4 is 5.91 Å². The van der Waals surface area contributed by atoms with Crippen LogP contribution in [0.3, 0.4) is 0 Å². The summed E-state index contributed by atoms with van der Waals surface area (Å²) in [7, 11) is 0.